The fraction of sp³-hybridized carbons (Fsp3) is 0.500. The number of hydrogen-bond acceptors (Lipinski definition) is 8. The van der Waals surface area contributed by atoms with Crippen molar-refractivity contribution in [2.75, 3.05) is 67.2 Å². The van der Waals surface area contributed by atoms with Gasteiger partial charge in [-0.25, -0.2) is 9.97 Å². The van der Waals surface area contributed by atoms with E-state index in [9.17, 15) is 10.1 Å². The van der Waals surface area contributed by atoms with Crippen LogP contribution in [-0.2, 0) is 4.74 Å². The van der Waals surface area contributed by atoms with Crippen LogP contribution in [0.25, 0.3) is 0 Å². The normalized spacial score (nSPS) is 17.5. The van der Waals surface area contributed by atoms with Crippen LogP contribution in [0.5, 0.6) is 0 Å². The van der Waals surface area contributed by atoms with Gasteiger partial charge in [0.05, 0.1) is 18.1 Å². The number of aryl methyl sites for hydroxylation is 1. The molecule has 2 aromatic rings. The van der Waals surface area contributed by atoms with E-state index >= 15 is 0 Å². The molecule has 2 aliphatic heterocycles. The summed E-state index contributed by atoms with van der Waals surface area (Å²) in [6.07, 6.45) is 1.43. The van der Waals surface area contributed by atoms with E-state index in [0.29, 0.717) is 51.0 Å². The quantitative estimate of drug-likeness (QED) is 0.572. The van der Waals surface area contributed by atoms with Crippen LogP contribution in [0.15, 0.2) is 24.5 Å². The summed E-state index contributed by atoms with van der Waals surface area (Å²) >= 11 is 0. The van der Waals surface area contributed by atoms with Crippen LogP contribution in [0.1, 0.15) is 11.1 Å². The summed E-state index contributed by atoms with van der Waals surface area (Å²) in [5.41, 5.74) is 3.78. The molecule has 154 valence electrons. The van der Waals surface area contributed by atoms with Crippen LogP contribution in [0.2, 0.25) is 0 Å². The Morgan fingerprint density at radius 2 is 1.52 bits per heavy atom. The molecule has 2 fully saturated rings. The highest BCUT2D eigenvalue weighted by Gasteiger charge is 2.32. The lowest BCUT2D eigenvalue weighted by atomic mass is 10.1. The van der Waals surface area contributed by atoms with E-state index in [1.807, 2.05) is 9.80 Å². The number of hydrogen-bond donors (Lipinski definition) is 0. The Morgan fingerprint density at radius 1 is 0.931 bits per heavy atom. The molecule has 0 amide bonds. The maximum absolute atomic E-state index is 11.9. The van der Waals surface area contributed by atoms with Gasteiger partial charge >= 0.3 is 5.69 Å². The lowest BCUT2D eigenvalue weighted by Crippen LogP contribution is -2.47. The molecule has 2 saturated heterocycles. The maximum Gasteiger partial charge on any atom is 0.353 e. The number of ether oxygens (including phenoxy) is 1. The van der Waals surface area contributed by atoms with E-state index in [0.717, 1.165) is 13.1 Å². The van der Waals surface area contributed by atoms with Crippen molar-refractivity contribution < 1.29 is 9.66 Å². The van der Waals surface area contributed by atoms with Gasteiger partial charge in [0.2, 0.25) is 11.6 Å². The van der Waals surface area contributed by atoms with E-state index in [2.05, 4.69) is 46.9 Å². The Kier molecular flexibility index (Phi) is 5.48. The second-order valence-corrected chi connectivity index (χ2v) is 7.42. The molecule has 0 atom stereocenters. The van der Waals surface area contributed by atoms with E-state index in [1.54, 1.807) is 0 Å². The third-order valence-electron chi connectivity index (χ3n) is 5.77. The maximum atomic E-state index is 11.9. The number of nitrogens with zero attached hydrogens (tertiary/aromatic N) is 6. The zero-order chi connectivity index (χ0) is 20.4. The molecule has 4 rings (SSSR count). The molecule has 0 spiro atoms. The zero-order valence-electron chi connectivity index (χ0n) is 16.9. The van der Waals surface area contributed by atoms with Gasteiger partial charge in [0, 0.05) is 45.0 Å². The van der Waals surface area contributed by atoms with Gasteiger partial charge < -0.3 is 19.4 Å². The Hall–Kier alpha value is -2.94. The minimum atomic E-state index is -0.350. The van der Waals surface area contributed by atoms with E-state index < -0.39 is 0 Å². The monoisotopic (exact) mass is 398 g/mol. The van der Waals surface area contributed by atoms with Gasteiger partial charge in [-0.15, -0.1) is 0 Å². The molecular weight excluding hydrogens is 372 g/mol. The summed E-state index contributed by atoms with van der Waals surface area (Å²) in [6, 6.07) is 6.34. The van der Waals surface area contributed by atoms with Crippen LogP contribution in [-0.4, -0.2) is 67.4 Å². The van der Waals surface area contributed by atoms with Crippen molar-refractivity contribution in [1.82, 2.24) is 9.97 Å². The van der Waals surface area contributed by atoms with Gasteiger partial charge in [0.1, 0.15) is 6.33 Å². The first kappa shape index (κ1) is 19.4. The highest BCUT2D eigenvalue weighted by Crippen LogP contribution is 2.35. The second-order valence-electron chi connectivity index (χ2n) is 7.42. The number of rotatable bonds is 4. The molecule has 0 unspecified atom stereocenters. The Bertz CT molecular complexity index is 892. The molecule has 9 heteroatoms. The molecule has 0 radical (unpaired) electrons. The van der Waals surface area contributed by atoms with Crippen LogP contribution in [0, 0.1) is 24.0 Å². The Balaban J connectivity index is 1.56. The smallest absolute Gasteiger partial charge is 0.353 e. The van der Waals surface area contributed by atoms with Crippen molar-refractivity contribution >= 4 is 23.0 Å². The van der Waals surface area contributed by atoms with Crippen LogP contribution in [0.3, 0.4) is 0 Å². The number of aromatic nitrogens is 2. The largest absolute Gasteiger partial charge is 0.378 e. The van der Waals surface area contributed by atoms with E-state index in [4.69, 9.17) is 4.74 Å². The molecule has 9 nitrogen and oxygen atoms in total. The Morgan fingerprint density at radius 3 is 2.14 bits per heavy atom. The molecule has 1 aromatic carbocycles. The summed E-state index contributed by atoms with van der Waals surface area (Å²) in [5.74, 6) is 0.798. The summed E-state index contributed by atoms with van der Waals surface area (Å²) in [7, 11) is 0. The number of anilines is 3. The lowest BCUT2D eigenvalue weighted by molar-refractivity contribution is -0.383. The average Bonchev–Trinajstić information content (AvgIpc) is 2.76. The summed E-state index contributed by atoms with van der Waals surface area (Å²) in [6.45, 7) is 9.47. The molecule has 29 heavy (non-hydrogen) atoms. The summed E-state index contributed by atoms with van der Waals surface area (Å²) < 4.78 is 5.37. The van der Waals surface area contributed by atoms with Crippen LogP contribution < -0.4 is 14.7 Å². The van der Waals surface area contributed by atoms with Crippen molar-refractivity contribution in [3.8, 4) is 0 Å². The van der Waals surface area contributed by atoms with Crippen molar-refractivity contribution in [3.05, 3.63) is 45.8 Å². The molecular formula is C20H26N6O3. The molecule has 0 N–H and O–H groups in total. The lowest BCUT2D eigenvalue weighted by Gasteiger charge is -2.37. The molecule has 2 aliphatic rings. The van der Waals surface area contributed by atoms with Gasteiger partial charge in [-0.1, -0.05) is 12.1 Å². The van der Waals surface area contributed by atoms with Gasteiger partial charge in [0.15, 0.2) is 0 Å². The highest BCUT2D eigenvalue weighted by molar-refractivity contribution is 5.72. The summed E-state index contributed by atoms with van der Waals surface area (Å²) in [4.78, 5) is 26.4. The van der Waals surface area contributed by atoms with Crippen molar-refractivity contribution in [2.24, 2.45) is 0 Å². The molecule has 0 saturated carbocycles. The minimum absolute atomic E-state index is 0.00501. The fourth-order valence-electron chi connectivity index (χ4n) is 4.00. The summed E-state index contributed by atoms with van der Waals surface area (Å²) in [5, 5.41) is 11.9. The van der Waals surface area contributed by atoms with Crippen molar-refractivity contribution in [1.29, 1.82) is 0 Å². The number of nitro groups is 1. The first-order valence-electron chi connectivity index (χ1n) is 9.94. The van der Waals surface area contributed by atoms with Gasteiger partial charge in [-0.05, 0) is 31.0 Å². The van der Waals surface area contributed by atoms with E-state index in [-0.39, 0.29) is 10.6 Å². The molecule has 0 bridgehead atoms. The topological polar surface area (TPSA) is 87.9 Å². The number of morpholine rings is 1. The SMILES string of the molecule is Cc1cccc(N2CCN(c3ncnc(N4CCOCC4)c3[N+](=O)[O-])CC2)c1C. The standard InChI is InChI=1S/C20H26N6O3/c1-15-4-3-5-17(16(15)2)23-6-8-24(9-7-23)19-18(26(27)28)20(22-14-21-19)25-10-12-29-13-11-25/h3-5,14H,6-13H2,1-2H3. The van der Waals surface area contributed by atoms with Gasteiger partial charge in [-0.2, -0.15) is 0 Å². The average molecular weight is 398 g/mol. The predicted octanol–water partition coefficient (Wildman–Crippen LogP) is 2.16. The van der Waals surface area contributed by atoms with Crippen LogP contribution >= 0.6 is 0 Å². The van der Waals surface area contributed by atoms with Crippen molar-refractivity contribution in [2.45, 2.75) is 13.8 Å². The third kappa shape index (κ3) is 3.82. The molecule has 3 heterocycles. The van der Waals surface area contributed by atoms with Gasteiger partial charge in [-0.3, -0.25) is 10.1 Å². The first-order chi connectivity index (χ1) is 14.1. The van der Waals surface area contributed by atoms with Gasteiger partial charge in [0.25, 0.3) is 0 Å². The van der Waals surface area contributed by atoms with Crippen LogP contribution in [0.4, 0.5) is 23.0 Å². The molecule has 0 aliphatic carbocycles. The predicted molar refractivity (Wildman–Crippen MR) is 112 cm³/mol. The van der Waals surface area contributed by atoms with Crippen molar-refractivity contribution in [3.63, 3.8) is 0 Å². The fourth-order valence-corrected chi connectivity index (χ4v) is 4.00. The van der Waals surface area contributed by atoms with E-state index in [1.165, 1.54) is 23.1 Å². The number of benzene rings is 1. The second kappa shape index (κ2) is 8.20. The zero-order valence-corrected chi connectivity index (χ0v) is 16.9. The highest BCUT2D eigenvalue weighted by atomic mass is 16.6. The number of piperazine rings is 1. The molecule has 1 aromatic heterocycles. The third-order valence-corrected chi connectivity index (χ3v) is 5.77. The first-order valence-corrected chi connectivity index (χ1v) is 9.94. The minimum Gasteiger partial charge on any atom is -0.378 e. The Labute approximate surface area is 170 Å².